The summed E-state index contributed by atoms with van der Waals surface area (Å²) in [7, 11) is 0. The lowest BCUT2D eigenvalue weighted by molar-refractivity contribution is 0.0347. The highest BCUT2D eigenvalue weighted by atomic mass is 14.5. The first kappa shape index (κ1) is 27.6. The molecule has 0 aromatic heterocycles. The first-order valence-electron chi connectivity index (χ1n) is 17.7. The van der Waals surface area contributed by atoms with Crippen LogP contribution in [0.5, 0.6) is 0 Å². The Morgan fingerprint density at radius 3 is 1.22 bits per heavy atom. The molecule has 5 aliphatic rings. The van der Waals surface area contributed by atoms with Crippen molar-refractivity contribution < 1.29 is 0 Å². The summed E-state index contributed by atoms with van der Waals surface area (Å²) in [5.74, 6) is 11.1. The van der Waals surface area contributed by atoms with E-state index in [1.165, 1.54) is 44.9 Å². The fourth-order valence-electron chi connectivity index (χ4n) is 11.0. The van der Waals surface area contributed by atoms with Crippen LogP contribution in [0, 0.1) is 59.2 Å². The first-order chi connectivity index (χ1) is 17.7. The molecule has 0 amide bonds. The highest BCUT2D eigenvalue weighted by Gasteiger charge is 2.41. The molecule has 0 bridgehead atoms. The summed E-state index contributed by atoms with van der Waals surface area (Å²) in [5, 5.41) is 0. The van der Waals surface area contributed by atoms with Gasteiger partial charge >= 0.3 is 0 Å². The van der Waals surface area contributed by atoms with Gasteiger partial charge in [-0.15, -0.1) is 0 Å². The van der Waals surface area contributed by atoms with Gasteiger partial charge in [-0.2, -0.15) is 0 Å². The highest BCUT2D eigenvalue weighted by molar-refractivity contribution is 4.92. The molecule has 0 nitrogen and oxygen atoms in total. The molecule has 0 N–H and O–H groups in total. The number of unbranched alkanes of at least 4 members (excludes halogenated alkanes) is 4. The summed E-state index contributed by atoms with van der Waals surface area (Å²) in [6, 6.07) is 0. The fourth-order valence-corrected chi connectivity index (χ4v) is 11.0. The lowest BCUT2D eigenvalue weighted by Crippen LogP contribution is -2.37. The van der Waals surface area contributed by atoms with Crippen LogP contribution >= 0.6 is 0 Å². The minimum atomic E-state index is 1.09. The van der Waals surface area contributed by atoms with Gasteiger partial charge in [0.25, 0.3) is 0 Å². The van der Waals surface area contributed by atoms with Crippen LogP contribution in [0.2, 0.25) is 0 Å². The molecule has 5 fully saturated rings. The minimum Gasteiger partial charge on any atom is -0.0654 e. The molecule has 8 unspecified atom stereocenters. The second kappa shape index (κ2) is 13.9. The third kappa shape index (κ3) is 7.14. The van der Waals surface area contributed by atoms with Crippen molar-refractivity contribution in [1.29, 1.82) is 0 Å². The Balaban J connectivity index is 0.999. The van der Waals surface area contributed by atoms with Crippen molar-refractivity contribution >= 4 is 0 Å². The van der Waals surface area contributed by atoms with E-state index in [1.54, 1.807) is 109 Å². The Kier molecular flexibility index (Phi) is 10.6. The van der Waals surface area contributed by atoms with Gasteiger partial charge in [0.05, 0.1) is 0 Å². The van der Waals surface area contributed by atoms with Gasteiger partial charge < -0.3 is 0 Å². The van der Waals surface area contributed by atoms with Crippen molar-refractivity contribution in [2.75, 3.05) is 0 Å². The fraction of sp³-hybridized carbons (Fsp3) is 1.00. The van der Waals surface area contributed by atoms with Crippen LogP contribution in [0.25, 0.3) is 0 Å². The number of hydrogen-bond donors (Lipinski definition) is 0. The maximum Gasteiger partial charge on any atom is -0.0383 e. The molecule has 0 radical (unpaired) electrons. The van der Waals surface area contributed by atoms with Crippen molar-refractivity contribution in [2.24, 2.45) is 59.2 Å². The van der Waals surface area contributed by atoms with E-state index in [9.17, 15) is 0 Å². The predicted octanol–water partition coefficient (Wildman–Crippen LogP) is 11.6. The summed E-state index contributed by atoms with van der Waals surface area (Å²) in [4.78, 5) is 0. The van der Waals surface area contributed by atoms with Crippen LogP contribution in [0.1, 0.15) is 168 Å². The molecule has 208 valence electrons. The van der Waals surface area contributed by atoms with Crippen molar-refractivity contribution in [2.45, 2.75) is 168 Å². The van der Waals surface area contributed by atoms with Gasteiger partial charge in [0, 0.05) is 0 Å². The SMILES string of the molecule is CCCCCCCC1CCC2CC(C3CCC(C4CCC5CC(CCC)CCC5C4)CC3)CCC2C1. The van der Waals surface area contributed by atoms with E-state index in [1.807, 2.05) is 0 Å². The van der Waals surface area contributed by atoms with Gasteiger partial charge in [-0.1, -0.05) is 78.1 Å². The molecular weight excluding hydrogens is 432 g/mol. The van der Waals surface area contributed by atoms with Gasteiger partial charge in [0.2, 0.25) is 0 Å². The zero-order valence-corrected chi connectivity index (χ0v) is 24.7. The lowest BCUT2D eigenvalue weighted by Gasteiger charge is -2.47. The topological polar surface area (TPSA) is 0 Å². The second-order valence-corrected chi connectivity index (χ2v) is 15.2. The largest absolute Gasteiger partial charge is 0.0654 e. The zero-order chi connectivity index (χ0) is 24.7. The van der Waals surface area contributed by atoms with E-state index >= 15 is 0 Å². The predicted molar refractivity (Wildman–Crippen MR) is 157 cm³/mol. The molecule has 0 aliphatic heterocycles. The molecule has 5 rings (SSSR count). The molecule has 0 aromatic carbocycles. The molecule has 0 aromatic rings. The Labute approximate surface area is 226 Å². The van der Waals surface area contributed by atoms with Crippen LogP contribution in [0.15, 0.2) is 0 Å². The molecule has 0 spiro atoms. The molecule has 36 heavy (non-hydrogen) atoms. The summed E-state index contributed by atoms with van der Waals surface area (Å²) in [6.07, 6.45) is 37.5. The summed E-state index contributed by atoms with van der Waals surface area (Å²) < 4.78 is 0. The van der Waals surface area contributed by atoms with Crippen molar-refractivity contribution in [3.8, 4) is 0 Å². The van der Waals surface area contributed by atoms with E-state index in [-0.39, 0.29) is 0 Å². The monoisotopic (exact) mass is 497 g/mol. The van der Waals surface area contributed by atoms with Crippen LogP contribution in [-0.4, -0.2) is 0 Å². The van der Waals surface area contributed by atoms with Gasteiger partial charge in [-0.3, -0.25) is 0 Å². The normalized spacial score (nSPS) is 43.5. The Hall–Kier alpha value is 0. The first-order valence-corrected chi connectivity index (χ1v) is 17.7. The van der Waals surface area contributed by atoms with Crippen molar-refractivity contribution in [1.82, 2.24) is 0 Å². The van der Waals surface area contributed by atoms with E-state index in [0.29, 0.717) is 0 Å². The van der Waals surface area contributed by atoms with Crippen LogP contribution in [-0.2, 0) is 0 Å². The van der Waals surface area contributed by atoms with E-state index in [0.717, 1.165) is 59.2 Å². The van der Waals surface area contributed by atoms with E-state index < -0.39 is 0 Å². The highest BCUT2D eigenvalue weighted by Crippen LogP contribution is 2.53. The number of rotatable bonds is 10. The average molecular weight is 497 g/mol. The van der Waals surface area contributed by atoms with E-state index in [2.05, 4.69) is 13.8 Å². The van der Waals surface area contributed by atoms with E-state index in [4.69, 9.17) is 0 Å². The average Bonchev–Trinajstić information content (AvgIpc) is 2.92. The van der Waals surface area contributed by atoms with Gasteiger partial charge in [-0.05, 0) is 149 Å². The number of hydrogen-bond acceptors (Lipinski definition) is 0. The molecular formula is C36H64. The molecule has 8 atom stereocenters. The Morgan fingerprint density at radius 2 is 0.722 bits per heavy atom. The zero-order valence-electron chi connectivity index (χ0n) is 24.7. The van der Waals surface area contributed by atoms with Crippen molar-refractivity contribution in [3.05, 3.63) is 0 Å². The molecule has 0 heteroatoms. The quantitative estimate of drug-likeness (QED) is 0.264. The third-order valence-corrected chi connectivity index (χ3v) is 13.1. The maximum atomic E-state index is 2.40. The molecule has 0 heterocycles. The van der Waals surface area contributed by atoms with Crippen LogP contribution in [0.3, 0.4) is 0 Å². The molecule has 5 saturated carbocycles. The van der Waals surface area contributed by atoms with Crippen LogP contribution < -0.4 is 0 Å². The Morgan fingerprint density at radius 1 is 0.333 bits per heavy atom. The van der Waals surface area contributed by atoms with Crippen molar-refractivity contribution in [3.63, 3.8) is 0 Å². The third-order valence-electron chi connectivity index (χ3n) is 13.1. The van der Waals surface area contributed by atoms with Gasteiger partial charge in [0.1, 0.15) is 0 Å². The summed E-state index contributed by atoms with van der Waals surface area (Å²) >= 11 is 0. The van der Waals surface area contributed by atoms with Crippen LogP contribution in [0.4, 0.5) is 0 Å². The summed E-state index contributed by atoms with van der Waals surface area (Å²) in [6.45, 7) is 4.74. The number of fused-ring (bicyclic) bond motifs is 2. The Bertz CT molecular complexity index is 614. The van der Waals surface area contributed by atoms with Gasteiger partial charge in [0.15, 0.2) is 0 Å². The summed E-state index contributed by atoms with van der Waals surface area (Å²) in [5.41, 5.74) is 0. The lowest BCUT2D eigenvalue weighted by atomic mass is 9.58. The molecule has 0 saturated heterocycles. The van der Waals surface area contributed by atoms with Gasteiger partial charge in [-0.25, -0.2) is 0 Å². The second-order valence-electron chi connectivity index (χ2n) is 15.2. The molecule has 5 aliphatic carbocycles. The standard InChI is InChI=1S/C36H64/c1-3-5-6-7-8-10-28-12-14-36-26-34(22-20-32(36)24-28)30-17-15-29(16-18-30)33-21-19-31-23-27(9-4-2)11-13-35(31)25-33/h27-36H,3-26H2,1-2H3. The smallest absolute Gasteiger partial charge is 0.0383 e. The maximum absolute atomic E-state index is 2.40. The minimum absolute atomic E-state index is 1.09.